The zero-order chi connectivity index (χ0) is 13.3. The van der Waals surface area contributed by atoms with Crippen LogP contribution in [0.5, 0.6) is 0 Å². The molecule has 104 valence electrons. The topological polar surface area (TPSA) is 24.1 Å². The first kappa shape index (κ1) is 17.4. The van der Waals surface area contributed by atoms with Crippen LogP contribution in [0.15, 0.2) is 0 Å². The summed E-state index contributed by atoms with van der Waals surface area (Å²) in [4.78, 5) is 7.58. The zero-order valence-electron chi connectivity index (χ0n) is 12.8. The van der Waals surface area contributed by atoms with Gasteiger partial charge >= 0.3 is 0 Å². The molecule has 2 N–H and O–H groups in total. The SMILES string of the molecule is CCC(C)N[SiH](C)CCC[SiH](C)NC(C)CC. The lowest BCUT2D eigenvalue weighted by Crippen LogP contribution is -2.39. The molecule has 0 aliphatic carbocycles. The maximum absolute atomic E-state index is 3.79. The van der Waals surface area contributed by atoms with Crippen molar-refractivity contribution in [1.82, 2.24) is 9.96 Å². The fourth-order valence-corrected chi connectivity index (χ4v) is 7.02. The molecule has 2 nitrogen and oxygen atoms in total. The van der Waals surface area contributed by atoms with Crippen molar-refractivity contribution < 1.29 is 0 Å². The molecule has 0 radical (unpaired) electrons. The van der Waals surface area contributed by atoms with Crippen LogP contribution in [0.25, 0.3) is 0 Å². The van der Waals surface area contributed by atoms with Crippen molar-refractivity contribution in [2.24, 2.45) is 0 Å². The summed E-state index contributed by atoms with van der Waals surface area (Å²) in [6.07, 6.45) is 3.96. The van der Waals surface area contributed by atoms with Crippen LogP contribution in [0.3, 0.4) is 0 Å². The molecule has 0 heterocycles. The van der Waals surface area contributed by atoms with Gasteiger partial charge < -0.3 is 9.96 Å². The molecule has 17 heavy (non-hydrogen) atoms. The third-order valence-corrected chi connectivity index (χ3v) is 8.46. The van der Waals surface area contributed by atoms with Crippen molar-refractivity contribution in [1.29, 1.82) is 0 Å². The highest BCUT2D eigenvalue weighted by atomic mass is 28.3. The summed E-state index contributed by atoms with van der Waals surface area (Å²) < 4.78 is 0. The Bertz CT molecular complexity index is 161. The second kappa shape index (κ2) is 10.3. The van der Waals surface area contributed by atoms with E-state index < -0.39 is 17.9 Å². The van der Waals surface area contributed by atoms with E-state index in [-0.39, 0.29) is 0 Å². The fourth-order valence-electron chi connectivity index (χ4n) is 2.10. The largest absolute Gasteiger partial charge is 0.337 e. The average molecular weight is 275 g/mol. The van der Waals surface area contributed by atoms with E-state index in [4.69, 9.17) is 0 Å². The van der Waals surface area contributed by atoms with Crippen LogP contribution in [0.4, 0.5) is 0 Å². The molecule has 0 amide bonds. The zero-order valence-corrected chi connectivity index (χ0v) is 15.2. The summed E-state index contributed by atoms with van der Waals surface area (Å²) in [6.45, 7) is 14.1. The highest BCUT2D eigenvalue weighted by molar-refractivity contribution is 6.56. The Labute approximate surface area is 112 Å². The van der Waals surface area contributed by atoms with E-state index in [9.17, 15) is 0 Å². The van der Waals surface area contributed by atoms with Crippen LogP contribution < -0.4 is 9.96 Å². The van der Waals surface area contributed by atoms with Crippen LogP contribution in [0.2, 0.25) is 25.2 Å². The highest BCUT2D eigenvalue weighted by Crippen LogP contribution is 2.05. The van der Waals surface area contributed by atoms with Gasteiger partial charge in [0, 0.05) is 0 Å². The smallest absolute Gasteiger partial charge is 0.105 e. The molecule has 0 saturated heterocycles. The molecule has 0 saturated carbocycles. The molecule has 0 rings (SSSR count). The Hall–Kier alpha value is 0.354. The summed E-state index contributed by atoms with van der Waals surface area (Å²) >= 11 is 0. The second-order valence-electron chi connectivity index (χ2n) is 5.68. The van der Waals surface area contributed by atoms with Gasteiger partial charge in [0.2, 0.25) is 0 Å². The lowest BCUT2D eigenvalue weighted by Gasteiger charge is -2.20. The van der Waals surface area contributed by atoms with Gasteiger partial charge in [-0.15, -0.1) is 0 Å². The van der Waals surface area contributed by atoms with Crippen LogP contribution in [-0.2, 0) is 0 Å². The van der Waals surface area contributed by atoms with Crippen LogP contribution in [0.1, 0.15) is 47.0 Å². The van der Waals surface area contributed by atoms with Crippen molar-refractivity contribution in [2.45, 2.75) is 84.2 Å². The van der Waals surface area contributed by atoms with E-state index in [1.54, 1.807) is 0 Å². The summed E-state index contributed by atoms with van der Waals surface area (Å²) in [5.41, 5.74) is 0. The van der Waals surface area contributed by atoms with Crippen molar-refractivity contribution in [3.8, 4) is 0 Å². The third-order valence-electron chi connectivity index (χ3n) is 3.64. The lowest BCUT2D eigenvalue weighted by molar-refractivity contribution is 0.643. The minimum Gasteiger partial charge on any atom is -0.337 e. The molecule has 0 aliphatic rings. The van der Waals surface area contributed by atoms with Gasteiger partial charge in [-0.25, -0.2) is 0 Å². The minimum atomic E-state index is -0.635. The quantitative estimate of drug-likeness (QED) is 0.599. The maximum atomic E-state index is 3.79. The normalized spacial score (nSPS) is 18.7. The van der Waals surface area contributed by atoms with Crippen LogP contribution in [0, 0.1) is 0 Å². The van der Waals surface area contributed by atoms with Crippen LogP contribution in [-0.4, -0.2) is 30.0 Å². The average Bonchev–Trinajstić information content (AvgIpc) is 2.28. The van der Waals surface area contributed by atoms with Gasteiger partial charge in [-0.05, 0) is 37.0 Å². The Balaban J connectivity index is 3.55. The predicted molar refractivity (Wildman–Crippen MR) is 86.0 cm³/mol. The summed E-state index contributed by atoms with van der Waals surface area (Å²) in [5, 5.41) is 0. The molecule has 0 aliphatic heterocycles. The number of hydrogen-bond acceptors (Lipinski definition) is 2. The first-order chi connectivity index (χ1) is 7.99. The van der Waals surface area contributed by atoms with Crippen molar-refractivity contribution in [3.63, 3.8) is 0 Å². The van der Waals surface area contributed by atoms with Gasteiger partial charge in [0.05, 0.1) is 0 Å². The van der Waals surface area contributed by atoms with Gasteiger partial charge in [0.1, 0.15) is 17.9 Å². The van der Waals surface area contributed by atoms with Gasteiger partial charge in [-0.1, -0.05) is 47.2 Å². The Morgan fingerprint density at radius 1 is 0.824 bits per heavy atom. The van der Waals surface area contributed by atoms with E-state index in [0.717, 1.165) is 12.1 Å². The molecule has 0 spiro atoms. The molecule has 4 atom stereocenters. The first-order valence-electron chi connectivity index (χ1n) is 7.51. The number of hydrogen-bond donors (Lipinski definition) is 2. The Kier molecular flexibility index (Phi) is 10.5. The second-order valence-corrected chi connectivity index (χ2v) is 11.1. The van der Waals surface area contributed by atoms with Gasteiger partial charge in [-0.2, -0.15) is 0 Å². The van der Waals surface area contributed by atoms with Gasteiger partial charge in [0.15, 0.2) is 0 Å². The maximum Gasteiger partial charge on any atom is 0.105 e. The molecule has 0 bridgehead atoms. The molecule has 0 aromatic heterocycles. The van der Waals surface area contributed by atoms with E-state index >= 15 is 0 Å². The fraction of sp³-hybridized carbons (Fsp3) is 1.00. The Morgan fingerprint density at radius 2 is 1.18 bits per heavy atom. The molecular weight excluding hydrogens is 240 g/mol. The summed E-state index contributed by atoms with van der Waals surface area (Å²) in [5.74, 6) is 0. The molecular formula is C13H34N2Si2. The van der Waals surface area contributed by atoms with E-state index in [2.05, 4.69) is 50.8 Å². The minimum absolute atomic E-state index is 0.635. The van der Waals surface area contributed by atoms with Crippen molar-refractivity contribution >= 4 is 17.9 Å². The van der Waals surface area contributed by atoms with Crippen molar-refractivity contribution in [3.05, 3.63) is 0 Å². The summed E-state index contributed by atoms with van der Waals surface area (Å²) in [6, 6.07) is 4.38. The standard InChI is InChI=1S/C13H34N2Si2/c1-7-12(3)14-16(5)10-9-11-17(6)15-13(4)8-2/h12-17H,7-11H2,1-6H3. The number of rotatable bonds is 10. The van der Waals surface area contributed by atoms with Crippen molar-refractivity contribution in [2.75, 3.05) is 0 Å². The summed E-state index contributed by atoms with van der Waals surface area (Å²) in [7, 11) is -1.27. The number of nitrogens with one attached hydrogen (secondary N) is 2. The van der Waals surface area contributed by atoms with Gasteiger partial charge in [0.25, 0.3) is 0 Å². The first-order valence-corrected chi connectivity index (χ1v) is 12.6. The monoisotopic (exact) mass is 274 g/mol. The lowest BCUT2D eigenvalue weighted by atomic mass is 10.3. The third kappa shape index (κ3) is 10.0. The molecule has 0 aromatic carbocycles. The highest BCUT2D eigenvalue weighted by Gasteiger charge is 2.10. The molecule has 4 heteroatoms. The predicted octanol–water partition coefficient (Wildman–Crippen LogP) is 2.86. The Morgan fingerprint density at radius 3 is 1.47 bits per heavy atom. The molecule has 0 aromatic rings. The van der Waals surface area contributed by atoms with E-state index in [1.165, 1.54) is 31.4 Å². The molecule has 4 unspecified atom stereocenters. The van der Waals surface area contributed by atoms with Gasteiger partial charge in [-0.3, -0.25) is 0 Å². The molecule has 0 fully saturated rings. The van der Waals surface area contributed by atoms with Crippen LogP contribution >= 0.6 is 0 Å². The van der Waals surface area contributed by atoms with E-state index in [1.807, 2.05) is 0 Å². The van der Waals surface area contributed by atoms with E-state index in [0.29, 0.717) is 0 Å².